The summed E-state index contributed by atoms with van der Waals surface area (Å²) in [5, 5.41) is 7.61. The SMILES string of the molecule is O=C(c1ccc(=O)[nH]c1)N1CCC(Oc2cccnn2)C1. The molecular formula is C14H14N4O3. The van der Waals surface area contributed by atoms with Crippen LogP contribution in [0.1, 0.15) is 16.8 Å². The Kier molecular flexibility index (Phi) is 3.63. The Morgan fingerprint density at radius 1 is 1.38 bits per heavy atom. The molecule has 0 radical (unpaired) electrons. The van der Waals surface area contributed by atoms with Crippen LogP contribution in [0.15, 0.2) is 41.5 Å². The molecule has 0 bridgehead atoms. The molecule has 21 heavy (non-hydrogen) atoms. The normalized spacial score (nSPS) is 17.7. The van der Waals surface area contributed by atoms with Gasteiger partial charge in [-0.2, -0.15) is 5.10 Å². The maximum Gasteiger partial charge on any atom is 0.255 e. The molecule has 0 spiro atoms. The van der Waals surface area contributed by atoms with Crippen LogP contribution < -0.4 is 10.3 Å². The van der Waals surface area contributed by atoms with Crippen molar-refractivity contribution >= 4 is 5.91 Å². The van der Waals surface area contributed by atoms with Crippen molar-refractivity contribution in [2.75, 3.05) is 13.1 Å². The molecule has 108 valence electrons. The minimum atomic E-state index is -0.225. The summed E-state index contributed by atoms with van der Waals surface area (Å²) < 4.78 is 5.69. The van der Waals surface area contributed by atoms with Gasteiger partial charge in [0, 0.05) is 37.5 Å². The zero-order valence-electron chi connectivity index (χ0n) is 11.2. The maximum absolute atomic E-state index is 12.3. The van der Waals surface area contributed by atoms with Gasteiger partial charge >= 0.3 is 0 Å². The smallest absolute Gasteiger partial charge is 0.255 e. The number of aromatic nitrogens is 3. The van der Waals surface area contributed by atoms with Crippen molar-refractivity contribution < 1.29 is 9.53 Å². The molecule has 0 aromatic carbocycles. The second-order valence-electron chi connectivity index (χ2n) is 4.78. The molecule has 3 rings (SSSR count). The number of aromatic amines is 1. The molecular weight excluding hydrogens is 272 g/mol. The largest absolute Gasteiger partial charge is 0.471 e. The zero-order valence-corrected chi connectivity index (χ0v) is 11.2. The van der Waals surface area contributed by atoms with Crippen LogP contribution >= 0.6 is 0 Å². The quantitative estimate of drug-likeness (QED) is 0.885. The highest BCUT2D eigenvalue weighted by molar-refractivity contribution is 5.94. The number of hydrogen-bond acceptors (Lipinski definition) is 5. The van der Waals surface area contributed by atoms with Gasteiger partial charge in [0.2, 0.25) is 11.4 Å². The Bertz CT molecular complexity index is 666. The summed E-state index contributed by atoms with van der Waals surface area (Å²) in [7, 11) is 0. The number of amides is 1. The fourth-order valence-electron chi connectivity index (χ4n) is 2.26. The number of carbonyl (C=O) groups is 1. The lowest BCUT2D eigenvalue weighted by Gasteiger charge is -2.16. The molecule has 1 unspecified atom stereocenters. The minimum Gasteiger partial charge on any atom is -0.471 e. The summed E-state index contributed by atoms with van der Waals surface area (Å²) in [5.74, 6) is 0.345. The molecule has 1 aliphatic rings. The van der Waals surface area contributed by atoms with Crippen molar-refractivity contribution in [1.29, 1.82) is 0 Å². The Morgan fingerprint density at radius 2 is 2.29 bits per heavy atom. The molecule has 7 nitrogen and oxygen atoms in total. The number of nitrogens with one attached hydrogen (secondary N) is 1. The van der Waals surface area contributed by atoms with Gasteiger partial charge in [0.25, 0.3) is 5.91 Å². The lowest BCUT2D eigenvalue weighted by molar-refractivity contribution is 0.0770. The van der Waals surface area contributed by atoms with Crippen LogP contribution in [-0.4, -0.2) is 45.2 Å². The first-order valence-electron chi connectivity index (χ1n) is 6.65. The molecule has 1 N–H and O–H groups in total. The van der Waals surface area contributed by atoms with Crippen LogP contribution in [0, 0.1) is 0 Å². The van der Waals surface area contributed by atoms with Gasteiger partial charge in [0.1, 0.15) is 6.10 Å². The topological polar surface area (TPSA) is 88.2 Å². The van der Waals surface area contributed by atoms with Crippen LogP contribution in [0.3, 0.4) is 0 Å². The van der Waals surface area contributed by atoms with E-state index in [1.54, 1.807) is 23.2 Å². The summed E-state index contributed by atoms with van der Waals surface area (Å²) in [6.07, 6.45) is 3.66. The van der Waals surface area contributed by atoms with Crippen molar-refractivity contribution in [3.63, 3.8) is 0 Å². The van der Waals surface area contributed by atoms with E-state index >= 15 is 0 Å². The van der Waals surface area contributed by atoms with E-state index in [4.69, 9.17) is 4.74 Å². The van der Waals surface area contributed by atoms with Crippen molar-refractivity contribution in [3.8, 4) is 5.88 Å². The summed E-state index contributed by atoms with van der Waals surface area (Å²) in [6, 6.07) is 6.36. The first-order chi connectivity index (χ1) is 10.2. The average molecular weight is 286 g/mol. The Balaban J connectivity index is 1.63. The van der Waals surface area contributed by atoms with E-state index < -0.39 is 0 Å². The van der Waals surface area contributed by atoms with Crippen LogP contribution in [0.5, 0.6) is 5.88 Å². The summed E-state index contributed by atoms with van der Waals surface area (Å²) in [5.41, 5.74) is 0.242. The molecule has 1 fully saturated rings. The predicted octanol–water partition coefficient (Wildman–Crippen LogP) is 0.458. The molecule has 7 heteroatoms. The Hall–Kier alpha value is -2.70. The molecule has 2 aromatic heterocycles. The standard InChI is InChI=1S/C14H14N4O3/c19-12-4-3-10(8-15-12)14(20)18-7-5-11(9-18)21-13-2-1-6-16-17-13/h1-4,6,8,11H,5,7,9H2,(H,15,19). The van der Waals surface area contributed by atoms with E-state index in [-0.39, 0.29) is 17.6 Å². The first-order valence-corrected chi connectivity index (χ1v) is 6.65. The highest BCUT2D eigenvalue weighted by atomic mass is 16.5. The van der Waals surface area contributed by atoms with Gasteiger partial charge in [0.15, 0.2) is 0 Å². The molecule has 3 heterocycles. The molecule has 1 atom stereocenters. The van der Waals surface area contributed by atoms with E-state index in [1.165, 1.54) is 18.3 Å². The first kappa shape index (κ1) is 13.3. The Labute approximate surface area is 120 Å². The van der Waals surface area contributed by atoms with E-state index in [0.29, 0.717) is 24.5 Å². The van der Waals surface area contributed by atoms with Gasteiger partial charge in [-0.25, -0.2) is 0 Å². The third-order valence-corrected chi connectivity index (χ3v) is 3.30. The lowest BCUT2D eigenvalue weighted by atomic mass is 10.2. The van der Waals surface area contributed by atoms with Gasteiger partial charge in [0.05, 0.1) is 12.1 Å². The molecule has 0 saturated carbocycles. The lowest BCUT2D eigenvalue weighted by Crippen LogP contribution is -2.31. The van der Waals surface area contributed by atoms with Crippen LogP contribution in [0.4, 0.5) is 0 Å². The molecule has 1 amide bonds. The third-order valence-electron chi connectivity index (χ3n) is 3.30. The number of hydrogen-bond donors (Lipinski definition) is 1. The fourth-order valence-corrected chi connectivity index (χ4v) is 2.26. The predicted molar refractivity (Wildman–Crippen MR) is 74.0 cm³/mol. The van der Waals surface area contributed by atoms with Gasteiger partial charge in [-0.15, -0.1) is 5.10 Å². The molecule has 1 saturated heterocycles. The number of rotatable bonds is 3. The summed E-state index contributed by atoms with van der Waals surface area (Å²) >= 11 is 0. The number of nitrogens with zero attached hydrogens (tertiary/aromatic N) is 3. The zero-order chi connectivity index (χ0) is 14.7. The number of ether oxygens (including phenoxy) is 1. The van der Waals surface area contributed by atoms with Gasteiger partial charge in [-0.3, -0.25) is 9.59 Å². The molecule has 1 aliphatic heterocycles. The van der Waals surface area contributed by atoms with E-state index in [1.807, 2.05) is 0 Å². The molecule has 0 aliphatic carbocycles. The fraction of sp³-hybridized carbons (Fsp3) is 0.286. The number of pyridine rings is 1. The van der Waals surface area contributed by atoms with Crippen molar-refractivity contribution in [3.05, 3.63) is 52.6 Å². The van der Waals surface area contributed by atoms with Crippen LogP contribution in [0.25, 0.3) is 0 Å². The average Bonchev–Trinajstić information content (AvgIpc) is 2.97. The van der Waals surface area contributed by atoms with E-state index in [0.717, 1.165) is 6.42 Å². The number of H-pyrrole nitrogens is 1. The number of likely N-dealkylation sites (tertiary alicyclic amines) is 1. The highest BCUT2D eigenvalue weighted by Crippen LogP contribution is 2.17. The minimum absolute atomic E-state index is 0.0894. The third kappa shape index (κ3) is 3.07. The van der Waals surface area contributed by atoms with Gasteiger partial charge in [-0.1, -0.05) is 0 Å². The van der Waals surface area contributed by atoms with Gasteiger partial charge < -0.3 is 14.6 Å². The second-order valence-corrected chi connectivity index (χ2v) is 4.78. The van der Waals surface area contributed by atoms with E-state index in [2.05, 4.69) is 15.2 Å². The van der Waals surface area contributed by atoms with E-state index in [9.17, 15) is 9.59 Å². The summed E-state index contributed by atoms with van der Waals surface area (Å²) in [4.78, 5) is 27.5. The highest BCUT2D eigenvalue weighted by Gasteiger charge is 2.28. The monoisotopic (exact) mass is 286 g/mol. The van der Waals surface area contributed by atoms with Crippen molar-refractivity contribution in [2.45, 2.75) is 12.5 Å². The second kappa shape index (κ2) is 5.74. The van der Waals surface area contributed by atoms with Gasteiger partial charge in [-0.05, 0) is 12.1 Å². The van der Waals surface area contributed by atoms with Crippen molar-refractivity contribution in [2.24, 2.45) is 0 Å². The molecule has 2 aromatic rings. The van der Waals surface area contributed by atoms with Crippen LogP contribution in [0.2, 0.25) is 0 Å². The Morgan fingerprint density at radius 3 is 3.00 bits per heavy atom. The van der Waals surface area contributed by atoms with Crippen molar-refractivity contribution in [1.82, 2.24) is 20.1 Å². The number of carbonyl (C=O) groups excluding carboxylic acids is 1. The van der Waals surface area contributed by atoms with Crippen LogP contribution in [-0.2, 0) is 0 Å². The maximum atomic E-state index is 12.3. The summed E-state index contributed by atoms with van der Waals surface area (Å²) in [6.45, 7) is 1.11.